The molecule has 1 rings (SSSR count). The number of benzene rings is 1. The van der Waals surface area contributed by atoms with Gasteiger partial charge in [-0.3, -0.25) is 0 Å². The lowest BCUT2D eigenvalue weighted by atomic mass is 10.1. The third kappa shape index (κ3) is 4.66. The van der Waals surface area contributed by atoms with Crippen molar-refractivity contribution in [2.24, 2.45) is 5.73 Å². The highest BCUT2D eigenvalue weighted by Crippen LogP contribution is 2.27. The molecule has 0 amide bonds. The van der Waals surface area contributed by atoms with Crippen LogP contribution in [-0.4, -0.2) is 42.8 Å². The van der Waals surface area contributed by atoms with E-state index in [0.29, 0.717) is 6.54 Å². The molecule has 0 bridgehead atoms. The lowest BCUT2D eigenvalue weighted by molar-refractivity contribution is 0.110. The van der Waals surface area contributed by atoms with Crippen molar-refractivity contribution in [3.63, 3.8) is 0 Å². The van der Waals surface area contributed by atoms with Crippen molar-refractivity contribution in [3.8, 4) is 0 Å². The summed E-state index contributed by atoms with van der Waals surface area (Å²) >= 11 is 0. The lowest BCUT2D eigenvalue weighted by Crippen LogP contribution is -2.52. The molecule has 3 N–H and O–H groups in total. The number of nitrogens with two attached hydrogens (primary N) is 1. The molecule has 20 heavy (non-hydrogen) atoms. The minimum absolute atomic E-state index is 0.0782. The fourth-order valence-corrected chi connectivity index (χ4v) is 4.65. The van der Waals surface area contributed by atoms with Gasteiger partial charge < -0.3 is 24.3 Å². The average molecular weight is 298 g/mol. The predicted octanol–water partition coefficient (Wildman–Crippen LogP) is 1.37. The maximum absolute atomic E-state index is 5.78. The monoisotopic (exact) mass is 298 g/mol. The molecule has 0 spiro atoms. The second-order valence-electron chi connectivity index (χ2n) is 4.80. The highest BCUT2D eigenvalue weighted by atomic mass is 28.4. The maximum atomic E-state index is 5.78. The quantitative estimate of drug-likeness (QED) is 0.532. The molecule has 114 valence electrons. The highest BCUT2D eigenvalue weighted by molar-refractivity contribution is 6.62. The number of rotatable bonds is 9. The van der Waals surface area contributed by atoms with Crippen molar-refractivity contribution >= 4 is 8.80 Å². The molecule has 0 heterocycles. The Balaban J connectivity index is 2.88. The van der Waals surface area contributed by atoms with Crippen molar-refractivity contribution in [1.82, 2.24) is 5.32 Å². The van der Waals surface area contributed by atoms with Crippen molar-refractivity contribution in [3.05, 3.63) is 35.9 Å². The summed E-state index contributed by atoms with van der Waals surface area (Å²) in [7, 11) is 2.21. The zero-order valence-corrected chi connectivity index (χ0v) is 13.8. The largest absolute Gasteiger partial charge is 0.505 e. The molecule has 0 saturated heterocycles. The van der Waals surface area contributed by atoms with E-state index in [1.807, 2.05) is 25.1 Å². The van der Waals surface area contributed by atoms with Gasteiger partial charge in [0.1, 0.15) is 0 Å². The van der Waals surface area contributed by atoms with Crippen molar-refractivity contribution in [2.75, 3.05) is 27.9 Å². The molecule has 0 aromatic heterocycles. The Bertz CT molecular complexity index is 364. The van der Waals surface area contributed by atoms with E-state index in [1.54, 1.807) is 21.3 Å². The minimum atomic E-state index is -2.71. The second kappa shape index (κ2) is 8.51. The summed E-state index contributed by atoms with van der Waals surface area (Å²) in [5.41, 5.74) is 7.12. The Morgan fingerprint density at radius 1 is 1.10 bits per heavy atom. The van der Waals surface area contributed by atoms with Crippen molar-refractivity contribution in [1.29, 1.82) is 0 Å². The normalized spacial score (nSPS) is 15.1. The second-order valence-corrected chi connectivity index (χ2v) is 8.05. The number of nitrogens with one attached hydrogen (secondary N) is 1. The van der Waals surface area contributed by atoms with Gasteiger partial charge in [-0.05, 0) is 18.9 Å². The summed E-state index contributed by atoms with van der Waals surface area (Å²) in [6, 6.07) is 10.3. The van der Waals surface area contributed by atoms with Gasteiger partial charge in [-0.1, -0.05) is 30.3 Å². The summed E-state index contributed by atoms with van der Waals surface area (Å²) in [5.74, 6) is 0. The number of hydrogen-bond donors (Lipinski definition) is 2. The Morgan fingerprint density at radius 2 is 1.65 bits per heavy atom. The van der Waals surface area contributed by atoms with E-state index in [4.69, 9.17) is 19.0 Å². The molecule has 2 unspecified atom stereocenters. The van der Waals surface area contributed by atoms with Gasteiger partial charge in [-0.2, -0.15) is 0 Å². The molecule has 2 atom stereocenters. The van der Waals surface area contributed by atoms with Gasteiger partial charge in [-0.25, -0.2) is 0 Å². The van der Waals surface area contributed by atoms with Gasteiger partial charge >= 0.3 is 8.80 Å². The van der Waals surface area contributed by atoms with E-state index in [0.717, 1.165) is 6.42 Å². The molecular weight excluding hydrogens is 272 g/mol. The van der Waals surface area contributed by atoms with Crippen LogP contribution < -0.4 is 11.1 Å². The third-order valence-electron chi connectivity index (χ3n) is 3.36. The van der Waals surface area contributed by atoms with Gasteiger partial charge in [0.2, 0.25) is 0 Å². The smallest absolute Gasteiger partial charge is 0.377 e. The zero-order chi connectivity index (χ0) is 15.0. The Kier molecular flexibility index (Phi) is 7.35. The van der Waals surface area contributed by atoms with E-state index < -0.39 is 8.80 Å². The molecule has 0 aliphatic rings. The maximum Gasteiger partial charge on any atom is 0.505 e. The first kappa shape index (κ1) is 17.3. The third-order valence-corrected chi connectivity index (χ3v) is 6.48. The van der Waals surface area contributed by atoms with Crippen LogP contribution in [0.1, 0.15) is 12.5 Å². The summed E-state index contributed by atoms with van der Waals surface area (Å²) in [6.07, 6.45) is 0.744. The summed E-state index contributed by atoms with van der Waals surface area (Å²) in [5, 5.41) is 3.25. The van der Waals surface area contributed by atoms with Crippen LogP contribution in [0.5, 0.6) is 0 Å². The van der Waals surface area contributed by atoms with Gasteiger partial charge in [0.15, 0.2) is 0 Å². The van der Waals surface area contributed by atoms with Crippen LogP contribution in [0.2, 0.25) is 5.54 Å². The first-order valence-corrected chi connectivity index (χ1v) is 8.56. The van der Waals surface area contributed by atoms with E-state index >= 15 is 0 Å². The fourth-order valence-electron chi connectivity index (χ4n) is 2.30. The molecular formula is C14H26N2O3Si. The SMILES string of the molecule is CO[Si](OC)(OC)C(CNC(C)N)Cc1ccccc1. The van der Waals surface area contributed by atoms with Gasteiger partial charge in [0.25, 0.3) is 0 Å². The van der Waals surface area contributed by atoms with Crippen LogP contribution >= 0.6 is 0 Å². The van der Waals surface area contributed by atoms with Crippen LogP contribution in [-0.2, 0) is 19.7 Å². The van der Waals surface area contributed by atoms with Crippen molar-refractivity contribution < 1.29 is 13.3 Å². The predicted molar refractivity (Wildman–Crippen MR) is 82.3 cm³/mol. The molecule has 0 radical (unpaired) electrons. The molecule has 6 heteroatoms. The van der Waals surface area contributed by atoms with E-state index in [1.165, 1.54) is 5.56 Å². The molecule has 0 aliphatic heterocycles. The van der Waals surface area contributed by atoms with E-state index in [-0.39, 0.29) is 11.7 Å². The Hall–Kier alpha value is -0.763. The lowest BCUT2D eigenvalue weighted by Gasteiger charge is -2.33. The van der Waals surface area contributed by atoms with E-state index in [9.17, 15) is 0 Å². The van der Waals surface area contributed by atoms with Crippen LogP contribution in [0.3, 0.4) is 0 Å². The van der Waals surface area contributed by atoms with Crippen LogP contribution in [0.25, 0.3) is 0 Å². The summed E-state index contributed by atoms with van der Waals surface area (Å²) in [6.45, 7) is 2.60. The van der Waals surface area contributed by atoms with Gasteiger partial charge in [-0.15, -0.1) is 0 Å². The number of hydrogen-bond acceptors (Lipinski definition) is 5. The minimum Gasteiger partial charge on any atom is -0.377 e. The van der Waals surface area contributed by atoms with E-state index in [2.05, 4.69) is 17.4 Å². The standard InChI is InChI=1S/C14H26N2O3Si/c1-12(15)16-11-14(20(17-2,18-3)19-4)10-13-8-6-5-7-9-13/h5-9,12,14,16H,10-11,15H2,1-4H3. The van der Waals surface area contributed by atoms with Gasteiger partial charge in [0.05, 0.1) is 6.17 Å². The topological polar surface area (TPSA) is 65.7 Å². The molecule has 0 fully saturated rings. The average Bonchev–Trinajstić information content (AvgIpc) is 2.47. The first-order chi connectivity index (χ1) is 9.57. The summed E-state index contributed by atoms with van der Waals surface area (Å²) < 4.78 is 16.8. The molecule has 0 saturated carbocycles. The molecule has 1 aromatic carbocycles. The molecule has 1 aromatic rings. The fraction of sp³-hybridized carbons (Fsp3) is 0.571. The highest BCUT2D eigenvalue weighted by Gasteiger charge is 2.46. The summed E-state index contributed by atoms with van der Waals surface area (Å²) in [4.78, 5) is 0. The Labute approximate surface area is 122 Å². The zero-order valence-electron chi connectivity index (χ0n) is 12.8. The van der Waals surface area contributed by atoms with Crippen molar-refractivity contribution in [2.45, 2.75) is 25.1 Å². The van der Waals surface area contributed by atoms with Gasteiger partial charge in [0, 0.05) is 33.4 Å². The van der Waals surface area contributed by atoms with Crippen LogP contribution in [0, 0.1) is 0 Å². The van der Waals surface area contributed by atoms with Crippen LogP contribution in [0.15, 0.2) is 30.3 Å². The van der Waals surface area contributed by atoms with Crippen LogP contribution in [0.4, 0.5) is 0 Å². The molecule has 0 aliphatic carbocycles. The first-order valence-electron chi connectivity index (χ1n) is 6.76. The molecule has 5 nitrogen and oxygen atoms in total. The Morgan fingerprint density at radius 3 is 2.10 bits per heavy atom.